The van der Waals surface area contributed by atoms with Gasteiger partial charge in [-0.2, -0.15) is 0 Å². The zero-order valence-electron chi connectivity index (χ0n) is 28.9. The van der Waals surface area contributed by atoms with Crippen LogP contribution in [-0.2, 0) is 0 Å². The summed E-state index contributed by atoms with van der Waals surface area (Å²) in [7, 11) is 0. The van der Waals surface area contributed by atoms with Crippen LogP contribution in [0.4, 0.5) is 17.1 Å². The molecule has 0 atom stereocenters. The van der Waals surface area contributed by atoms with Gasteiger partial charge in [-0.1, -0.05) is 145 Å². The number of hydrogen-bond donors (Lipinski definition) is 0. The Morgan fingerprint density at radius 3 is 1.93 bits per heavy atom. The minimum Gasteiger partial charge on any atom is -0.309 e. The van der Waals surface area contributed by atoms with E-state index < -0.39 is 0 Å². The van der Waals surface area contributed by atoms with Gasteiger partial charge in [-0.3, -0.25) is 0 Å². The van der Waals surface area contributed by atoms with Crippen LogP contribution in [0.25, 0.3) is 84.1 Å². The molecular formula is C50H26BNS2. The van der Waals surface area contributed by atoms with Crippen molar-refractivity contribution in [2.24, 2.45) is 0 Å². The SMILES string of the molecule is c1c2ccccc2c2cccc(N3c4ccc(-c5ccccc5)c5c4B(c4ccc6c(sc7ccccc76)c4-5)c4ccc5c(sc6ccccc65)c43)c2c#1. The molecule has 246 valence electrons. The van der Waals surface area contributed by atoms with Gasteiger partial charge in [0.15, 0.2) is 0 Å². The van der Waals surface area contributed by atoms with Crippen LogP contribution in [0, 0.1) is 12.1 Å². The molecule has 0 amide bonds. The molecule has 0 unspecified atom stereocenters. The molecule has 2 aromatic heterocycles. The fourth-order valence-electron chi connectivity index (χ4n) is 9.67. The maximum Gasteiger partial charge on any atom is 0.248 e. The number of benzene rings is 8. The van der Waals surface area contributed by atoms with Crippen molar-refractivity contribution >= 4 is 125 Å². The molecule has 0 saturated heterocycles. The quantitative estimate of drug-likeness (QED) is 0.161. The van der Waals surface area contributed by atoms with E-state index in [0.717, 1.165) is 16.5 Å². The van der Waals surface area contributed by atoms with Crippen molar-refractivity contribution in [1.29, 1.82) is 0 Å². The average Bonchev–Trinajstić information content (AvgIpc) is 3.92. The third kappa shape index (κ3) is 3.70. The van der Waals surface area contributed by atoms with Crippen molar-refractivity contribution in [3.8, 4) is 22.3 Å². The van der Waals surface area contributed by atoms with Gasteiger partial charge in [-0.25, -0.2) is 0 Å². The van der Waals surface area contributed by atoms with Gasteiger partial charge in [-0.15, -0.1) is 22.7 Å². The Labute approximate surface area is 320 Å². The summed E-state index contributed by atoms with van der Waals surface area (Å²) < 4.78 is 5.35. The lowest BCUT2D eigenvalue weighted by atomic mass is 9.37. The minimum atomic E-state index is 0.0930. The second-order valence-electron chi connectivity index (χ2n) is 14.5. The van der Waals surface area contributed by atoms with E-state index in [2.05, 4.69) is 175 Å². The van der Waals surface area contributed by atoms with Gasteiger partial charge < -0.3 is 4.90 Å². The van der Waals surface area contributed by atoms with E-state index in [1.807, 2.05) is 22.7 Å². The summed E-state index contributed by atoms with van der Waals surface area (Å²) in [4.78, 5) is 2.59. The van der Waals surface area contributed by atoms with Crippen LogP contribution in [0.5, 0.6) is 0 Å². The van der Waals surface area contributed by atoms with Crippen LogP contribution in [0.15, 0.2) is 158 Å². The summed E-state index contributed by atoms with van der Waals surface area (Å²) in [6.07, 6.45) is 0. The first-order valence-electron chi connectivity index (χ1n) is 18.5. The maximum absolute atomic E-state index is 3.67. The highest BCUT2D eigenvalue weighted by molar-refractivity contribution is 7.27. The summed E-state index contributed by atoms with van der Waals surface area (Å²) in [5, 5.41) is 9.87. The van der Waals surface area contributed by atoms with Crippen LogP contribution in [0.1, 0.15) is 0 Å². The first-order valence-corrected chi connectivity index (χ1v) is 20.1. The molecule has 0 spiro atoms. The molecular weight excluding hydrogens is 690 g/mol. The summed E-state index contributed by atoms with van der Waals surface area (Å²) in [6.45, 7) is 0.0930. The van der Waals surface area contributed by atoms with Gasteiger partial charge in [0.2, 0.25) is 6.71 Å². The van der Waals surface area contributed by atoms with E-state index >= 15 is 0 Å². The second kappa shape index (κ2) is 10.6. The lowest BCUT2D eigenvalue weighted by molar-refractivity contribution is 1.33. The Morgan fingerprint density at radius 2 is 1.11 bits per heavy atom. The predicted octanol–water partition coefficient (Wildman–Crippen LogP) is 12.3. The number of rotatable bonds is 2. The third-order valence-electron chi connectivity index (χ3n) is 11.9. The topological polar surface area (TPSA) is 3.24 Å². The van der Waals surface area contributed by atoms with Gasteiger partial charge in [-0.05, 0) is 68.9 Å². The van der Waals surface area contributed by atoms with Crippen molar-refractivity contribution in [2.45, 2.75) is 0 Å². The molecule has 2 aliphatic rings. The van der Waals surface area contributed by atoms with E-state index in [1.54, 1.807) is 0 Å². The van der Waals surface area contributed by atoms with Crippen LogP contribution >= 0.6 is 22.7 Å². The summed E-state index contributed by atoms with van der Waals surface area (Å²) >= 11 is 3.86. The molecule has 2 aliphatic heterocycles. The van der Waals surface area contributed by atoms with Gasteiger partial charge in [0.1, 0.15) is 0 Å². The minimum absolute atomic E-state index is 0.0930. The molecule has 54 heavy (non-hydrogen) atoms. The number of thiophene rings is 2. The largest absolute Gasteiger partial charge is 0.309 e. The fourth-order valence-corrected chi connectivity index (χ4v) is 12.2. The standard InChI is InChI=1S/C50H26BNS2/c1-2-11-29(12-3-1)32-25-28-42-47-45(32)46-39(26-23-37-35-15-6-8-19-43(35)53-49(37)46)51(47)40-27-24-38-36-16-7-9-20-44(36)54-50(38)48(40)52(42)41-18-10-17-33-31-14-5-4-13-30(31)21-22-34(33)41/h1-20,23-28H. The molecule has 0 saturated carbocycles. The summed E-state index contributed by atoms with van der Waals surface area (Å²) in [5.41, 5.74) is 13.1. The highest BCUT2D eigenvalue weighted by Gasteiger charge is 2.45. The van der Waals surface area contributed by atoms with Gasteiger partial charge in [0.25, 0.3) is 0 Å². The summed E-state index contributed by atoms with van der Waals surface area (Å²) in [6, 6.07) is 65.8. The predicted molar refractivity (Wildman–Crippen MR) is 235 cm³/mol. The van der Waals surface area contributed by atoms with Crippen molar-refractivity contribution < 1.29 is 0 Å². The average molecular weight is 716 g/mol. The van der Waals surface area contributed by atoms with Crippen molar-refractivity contribution in [3.63, 3.8) is 0 Å². The highest BCUT2D eigenvalue weighted by atomic mass is 32.1. The van der Waals surface area contributed by atoms with E-state index in [1.165, 1.54) is 101 Å². The monoisotopic (exact) mass is 715 g/mol. The normalized spacial score (nSPS) is 13.0. The number of hydrogen-bond acceptors (Lipinski definition) is 3. The third-order valence-corrected chi connectivity index (χ3v) is 14.3. The Kier molecular flexibility index (Phi) is 5.72. The lowest BCUT2D eigenvalue weighted by Crippen LogP contribution is -2.54. The number of nitrogens with zero attached hydrogens (tertiary/aromatic N) is 1. The molecule has 0 fully saturated rings. The van der Waals surface area contributed by atoms with Crippen molar-refractivity contribution in [3.05, 3.63) is 170 Å². The fraction of sp³-hybridized carbons (Fsp3) is 0. The van der Waals surface area contributed by atoms with Crippen LogP contribution in [-0.4, -0.2) is 6.71 Å². The Bertz CT molecular complexity index is 3410. The Balaban J connectivity index is 1.22. The smallest absolute Gasteiger partial charge is 0.248 e. The molecule has 4 heteroatoms. The van der Waals surface area contributed by atoms with Gasteiger partial charge in [0, 0.05) is 52.1 Å². The zero-order valence-corrected chi connectivity index (χ0v) is 30.5. The molecule has 4 heterocycles. The van der Waals surface area contributed by atoms with Crippen molar-refractivity contribution in [2.75, 3.05) is 4.90 Å². The van der Waals surface area contributed by atoms with Gasteiger partial charge >= 0.3 is 0 Å². The highest BCUT2D eigenvalue weighted by Crippen LogP contribution is 2.52. The lowest BCUT2D eigenvalue weighted by Gasteiger charge is -2.37. The van der Waals surface area contributed by atoms with E-state index in [-0.39, 0.29) is 6.71 Å². The maximum atomic E-state index is 3.67. The molecule has 13 rings (SSSR count). The summed E-state index contributed by atoms with van der Waals surface area (Å²) in [5.74, 6) is 0. The first kappa shape index (κ1) is 29.1. The molecule has 0 aliphatic carbocycles. The number of fused-ring (bicyclic) bond motifs is 16. The van der Waals surface area contributed by atoms with E-state index in [4.69, 9.17) is 0 Å². The molecule has 9 aromatic carbocycles. The molecule has 0 bridgehead atoms. The molecule has 0 N–H and O–H groups in total. The van der Waals surface area contributed by atoms with E-state index in [0.29, 0.717) is 0 Å². The molecule has 11 aromatic rings. The second-order valence-corrected chi connectivity index (χ2v) is 16.6. The van der Waals surface area contributed by atoms with Gasteiger partial charge in [0.05, 0.1) is 21.5 Å². The van der Waals surface area contributed by atoms with Crippen molar-refractivity contribution in [1.82, 2.24) is 0 Å². The molecule has 0 radical (unpaired) electrons. The van der Waals surface area contributed by atoms with Crippen LogP contribution in [0.3, 0.4) is 0 Å². The van der Waals surface area contributed by atoms with E-state index in [9.17, 15) is 0 Å². The Morgan fingerprint density at radius 1 is 0.444 bits per heavy atom. The molecule has 1 nitrogen and oxygen atoms in total. The first-order chi connectivity index (χ1) is 26.8. The number of anilines is 3. The zero-order chi connectivity index (χ0) is 35.1. The Hall–Kier alpha value is -6.38. The van der Waals surface area contributed by atoms with Crippen LogP contribution < -0.4 is 21.3 Å². The van der Waals surface area contributed by atoms with Crippen LogP contribution in [0.2, 0.25) is 0 Å².